The van der Waals surface area contributed by atoms with Crippen LogP contribution in [0.25, 0.3) is 0 Å². The minimum absolute atomic E-state index is 0.0649. The van der Waals surface area contributed by atoms with Gasteiger partial charge in [0.25, 0.3) is 5.91 Å². The van der Waals surface area contributed by atoms with Crippen LogP contribution in [0.15, 0.2) is 18.2 Å². The lowest BCUT2D eigenvalue weighted by molar-refractivity contribution is -0.146. The Hall–Kier alpha value is -2.26. The lowest BCUT2D eigenvalue weighted by Crippen LogP contribution is -2.47. The maximum absolute atomic E-state index is 12.0. The highest BCUT2D eigenvalue weighted by molar-refractivity contribution is 6.32. The highest BCUT2D eigenvalue weighted by Crippen LogP contribution is 2.25. The van der Waals surface area contributed by atoms with E-state index in [2.05, 4.69) is 5.32 Å². The number of nitrogens with zero attached hydrogens (tertiary/aromatic N) is 1. The molecule has 0 aliphatic heterocycles. The molecule has 0 bridgehead atoms. The molecule has 6 nitrogen and oxygen atoms in total. The first-order valence-corrected chi connectivity index (χ1v) is 7.50. The number of halogens is 1. The molecule has 0 spiro atoms. The van der Waals surface area contributed by atoms with E-state index in [0.29, 0.717) is 17.7 Å². The van der Waals surface area contributed by atoms with Crippen molar-refractivity contribution in [2.75, 3.05) is 13.7 Å². The Morgan fingerprint density at radius 3 is 2.65 bits per heavy atom. The lowest BCUT2D eigenvalue weighted by Gasteiger charge is -2.21. The maximum Gasteiger partial charge on any atom is 0.328 e. The fraction of sp³-hybridized carbons (Fsp3) is 0.438. The van der Waals surface area contributed by atoms with E-state index in [-0.39, 0.29) is 17.5 Å². The summed E-state index contributed by atoms with van der Waals surface area (Å²) in [5.74, 6) is -0.728. The van der Waals surface area contributed by atoms with Crippen LogP contribution in [-0.2, 0) is 14.3 Å². The average molecular weight is 339 g/mol. The molecule has 0 fully saturated rings. The van der Waals surface area contributed by atoms with Gasteiger partial charge >= 0.3 is 5.97 Å². The molecule has 0 aliphatic rings. The van der Waals surface area contributed by atoms with E-state index in [0.717, 1.165) is 0 Å². The van der Waals surface area contributed by atoms with E-state index in [4.69, 9.17) is 26.3 Å². The van der Waals surface area contributed by atoms with Crippen molar-refractivity contribution in [1.82, 2.24) is 5.32 Å². The van der Waals surface area contributed by atoms with Gasteiger partial charge in [-0.1, -0.05) is 31.9 Å². The molecule has 0 aliphatic carbocycles. The predicted octanol–water partition coefficient (Wildman–Crippen LogP) is 2.29. The van der Waals surface area contributed by atoms with Crippen molar-refractivity contribution in [1.29, 1.82) is 5.26 Å². The summed E-state index contributed by atoms with van der Waals surface area (Å²) in [6.07, 6.45) is 0.711. The van der Waals surface area contributed by atoms with Crippen LogP contribution >= 0.6 is 11.6 Å². The molecule has 0 heterocycles. The SMILES string of the molecule is CC[C@H](C)[C@@H](NC(=O)COc1ccc(C#N)cc1Cl)C(=O)OC. The van der Waals surface area contributed by atoms with E-state index in [1.807, 2.05) is 19.9 Å². The van der Waals surface area contributed by atoms with Crippen LogP contribution in [0, 0.1) is 17.2 Å². The van der Waals surface area contributed by atoms with Gasteiger partial charge in [0.05, 0.1) is 23.8 Å². The Morgan fingerprint density at radius 2 is 2.13 bits per heavy atom. The van der Waals surface area contributed by atoms with Crippen molar-refractivity contribution in [3.63, 3.8) is 0 Å². The Morgan fingerprint density at radius 1 is 1.43 bits per heavy atom. The van der Waals surface area contributed by atoms with Gasteiger partial charge in [-0.3, -0.25) is 4.79 Å². The lowest BCUT2D eigenvalue weighted by atomic mass is 9.99. The van der Waals surface area contributed by atoms with Crippen LogP contribution in [0.3, 0.4) is 0 Å². The molecule has 0 aromatic heterocycles. The van der Waals surface area contributed by atoms with Gasteiger partial charge in [0, 0.05) is 0 Å². The molecule has 0 unspecified atom stereocenters. The summed E-state index contributed by atoms with van der Waals surface area (Å²) in [6.45, 7) is 3.47. The van der Waals surface area contributed by atoms with Crippen LogP contribution in [-0.4, -0.2) is 31.6 Å². The number of ether oxygens (including phenoxy) is 2. The molecule has 0 radical (unpaired) electrons. The van der Waals surface area contributed by atoms with Crippen molar-refractivity contribution < 1.29 is 19.1 Å². The first-order chi connectivity index (χ1) is 10.9. The van der Waals surface area contributed by atoms with Crippen LogP contribution in [0.4, 0.5) is 0 Å². The van der Waals surface area contributed by atoms with Gasteiger partial charge in [-0.15, -0.1) is 0 Å². The second kappa shape index (κ2) is 9.01. The number of amides is 1. The highest BCUT2D eigenvalue weighted by Gasteiger charge is 2.26. The normalized spacial score (nSPS) is 12.7. The molecule has 1 amide bonds. The monoisotopic (exact) mass is 338 g/mol. The number of nitriles is 1. The van der Waals surface area contributed by atoms with Gasteiger partial charge in [0.1, 0.15) is 11.8 Å². The molecule has 0 saturated carbocycles. The van der Waals surface area contributed by atoms with Gasteiger partial charge in [-0.05, 0) is 24.1 Å². The summed E-state index contributed by atoms with van der Waals surface area (Å²) in [5, 5.41) is 11.6. The standard InChI is InChI=1S/C16H19ClN2O4/c1-4-10(2)15(16(21)22-3)19-14(20)9-23-13-6-5-11(8-18)7-12(13)17/h5-7,10,15H,4,9H2,1-3H3,(H,19,20)/t10-,15+/m0/s1. The smallest absolute Gasteiger partial charge is 0.328 e. The van der Waals surface area contributed by atoms with Crippen molar-refractivity contribution in [3.8, 4) is 11.8 Å². The number of carbonyl (C=O) groups is 2. The Kier molecular flexibility index (Phi) is 7.36. The fourth-order valence-electron chi connectivity index (χ4n) is 1.84. The first kappa shape index (κ1) is 18.8. The van der Waals surface area contributed by atoms with E-state index in [1.165, 1.54) is 25.3 Å². The van der Waals surface area contributed by atoms with Crippen molar-refractivity contribution in [2.24, 2.45) is 5.92 Å². The minimum atomic E-state index is -0.725. The first-order valence-electron chi connectivity index (χ1n) is 7.12. The Balaban J connectivity index is 2.65. The predicted molar refractivity (Wildman–Crippen MR) is 85.1 cm³/mol. The molecule has 7 heteroatoms. The van der Waals surface area contributed by atoms with Crippen LogP contribution in [0.2, 0.25) is 5.02 Å². The molecule has 0 saturated heterocycles. The zero-order valence-corrected chi connectivity index (χ0v) is 14.0. The van der Waals surface area contributed by atoms with E-state index >= 15 is 0 Å². The quantitative estimate of drug-likeness (QED) is 0.770. The third kappa shape index (κ3) is 5.46. The minimum Gasteiger partial charge on any atom is -0.482 e. The zero-order valence-electron chi connectivity index (χ0n) is 13.3. The number of methoxy groups -OCH3 is 1. The number of nitrogens with one attached hydrogen (secondary N) is 1. The number of esters is 1. The third-order valence-electron chi connectivity index (χ3n) is 3.40. The number of benzene rings is 1. The second-order valence-corrected chi connectivity index (χ2v) is 5.41. The summed E-state index contributed by atoms with van der Waals surface area (Å²) in [7, 11) is 1.27. The zero-order chi connectivity index (χ0) is 17.4. The van der Waals surface area contributed by atoms with Crippen LogP contribution < -0.4 is 10.1 Å². The van der Waals surface area contributed by atoms with Gasteiger partial charge in [-0.2, -0.15) is 5.26 Å². The molecule has 23 heavy (non-hydrogen) atoms. The van der Waals surface area contributed by atoms with E-state index in [9.17, 15) is 9.59 Å². The van der Waals surface area contributed by atoms with Gasteiger partial charge in [0.2, 0.25) is 0 Å². The summed E-state index contributed by atoms with van der Waals surface area (Å²) >= 11 is 5.96. The van der Waals surface area contributed by atoms with E-state index < -0.39 is 17.9 Å². The molecular formula is C16H19ClN2O4. The van der Waals surface area contributed by atoms with E-state index in [1.54, 1.807) is 0 Å². The van der Waals surface area contributed by atoms with Crippen LogP contribution in [0.1, 0.15) is 25.8 Å². The summed E-state index contributed by atoms with van der Waals surface area (Å²) in [6, 6.07) is 5.73. The number of hydrogen-bond donors (Lipinski definition) is 1. The maximum atomic E-state index is 12.0. The molecular weight excluding hydrogens is 320 g/mol. The third-order valence-corrected chi connectivity index (χ3v) is 3.70. The van der Waals surface area contributed by atoms with Crippen molar-refractivity contribution >= 4 is 23.5 Å². The van der Waals surface area contributed by atoms with Gasteiger partial charge < -0.3 is 14.8 Å². The molecule has 1 aromatic rings. The molecule has 2 atom stereocenters. The highest BCUT2D eigenvalue weighted by atomic mass is 35.5. The van der Waals surface area contributed by atoms with Gasteiger partial charge in [0.15, 0.2) is 6.61 Å². The average Bonchev–Trinajstić information content (AvgIpc) is 2.56. The summed E-state index contributed by atoms with van der Waals surface area (Å²) < 4.78 is 10.0. The largest absolute Gasteiger partial charge is 0.482 e. The number of rotatable bonds is 7. The van der Waals surface area contributed by atoms with Gasteiger partial charge in [-0.25, -0.2) is 4.79 Å². The molecule has 1 aromatic carbocycles. The second-order valence-electron chi connectivity index (χ2n) is 5.00. The molecule has 1 rings (SSSR count). The molecule has 1 N–H and O–H groups in total. The number of hydrogen-bond acceptors (Lipinski definition) is 5. The fourth-order valence-corrected chi connectivity index (χ4v) is 2.08. The molecule has 124 valence electrons. The summed E-state index contributed by atoms with van der Waals surface area (Å²) in [4.78, 5) is 23.7. The van der Waals surface area contributed by atoms with Crippen molar-refractivity contribution in [2.45, 2.75) is 26.3 Å². The van der Waals surface area contributed by atoms with Crippen molar-refractivity contribution in [3.05, 3.63) is 28.8 Å². The number of carbonyl (C=O) groups excluding carboxylic acids is 2. The Labute approximate surface area is 140 Å². The van der Waals surface area contributed by atoms with Crippen LogP contribution in [0.5, 0.6) is 5.75 Å². The Bertz CT molecular complexity index is 613. The summed E-state index contributed by atoms with van der Waals surface area (Å²) in [5.41, 5.74) is 0.398. The topological polar surface area (TPSA) is 88.4 Å².